The van der Waals surface area contributed by atoms with Crippen LogP contribution < -0.4 is 4.72 Å². The Morgan fingerprint density at radius 2 is 2.20 bits per heavy atom. The Bertz CT molecular complexity index is 490. The van der Waals surface area contributed by atoms with Crippen LogP contribution >= 0.6 is 11.6 Å². The zero-order chi connectivity index (χ0) is 11.5. The van der Waals surface area contributed by atoms with E-state index in [0.717, 1.165) is 0 Å². The van der Waals surface area contributed by atoms with Crippen molar-refractivity contribution >= 4 is 21.6 Å². The summed E-state index contributed by atoms with van der Waals surface area (Å²) in [4.78, 5) is 0.108. The molecule has 0 aromatic heterocycles. The number of halogens is 1. The minimum absolute atomic E-state index is 0.108. The van der Waals surface area contributed by atoms with E-state index in [-0.39, 0.29) is 4.90 Å². The van der Waals surface area contributed by atoms with Gasteiger partial charge in [-0.2, -0.15) is 4.72 Å². The van der Waals surface area contributed by atoms with Crippen LogP contribution in [0.2, 0.25) is 5.02 Å². The summed E-state index contributed by atoms with van der Waals surface area (Å²) in [6.45, 7) is 1.59. The Balaban J connectivity index is 3.03. The zero-order valence-electron chi connectivity index (χ0n) is 8.07. The average Bonchev–Trinajstić information content (AvgIpc) is 2.17. The van der Waals surface area contributed by atoms with Crippen molar-refractivity contribution < 1.29 is 8.42 Å². The van der Waals surface area contributed by atoms with Crippen LogP contribution in [0.25, 0.3) is 0 Å². The Morgan fingerprint density at radius 1 is 1.53 bits per heavy atom. The number of hydrogen-bond donors (Lipinski definition) is 1. The minimum atomic E-state index is -3.57. The maximum absolute atomic E-state index is 11.7. The molecule has 1 atom stereocenters. The summed E-state index contributed by atoms with van der Waals surface area (Å²) in [5, 5.41) is 0.367. The van der Waals surface area contributed by atoms with Gasteiger partial charge in [-0.15, -0.1) is 6.42 Å². The van der Waals surface area contributed by atoms with E-state index in [4.69, 9.17) is 18.0 Å². The number of benzene rings is 1. The first kappa shape index (κ1) is 12.1. The van der Waals surface area contributed by atoms with Gasteiger partial charge in [0.1, 0.15) is 0 Å². The second-order valence-corrected chi connectivity index (χ2v) is 5.12. The van der Waals surface area contributed by atoms with Crippen LogP contribution in [0.5, 0.6) is 0 Å². The van der Waals surface area contributed by atoms with Crippen LogP contribution in [0, 0.1) is 12.3 Å². The minimum Gasteiger partial charge on any atom is -0.207 e. The molecule has 0 amide bonds. The maximum atomic E-state index is 11.7. The van der Waals surface area contributed by atoms with E-state index in [2.05, 4.69) is 10.6 Å². The van der Waals surface area contributed by atoms with Crippen molar-refractivity contribution in [2.24, 2.45) is 0 Å². The number of terminal acetylenes is 1. The highest BCUT2D eigenvalue weighted by Gasteiger charge is 2.15. The molecule has 15 heavy (non-hydrogen) atoms. The summed E-state index contributed by atoms with van der Waals surface area (Å²) in [6.07, 6.45) is 5.08. The smallest absolute Gasteiger partial charge is 0.207 e. The molecule has 0 aliphatic heterocycles. The van der Waals surface area contributed by atoms with E-state index in [1.807, 2.05) is 0 Å². The lowest BCUT2D eigenvalue weighted by Crippen LogP contribution is -2.31. The third kappa shape index (κ3) is 3.24. The predicted octanol–water partition coefficient (Wildman–Crippen LogP) is 1.64. The third-order valence-electron chi connectivity index (χ3n) is 1.69. The summed E-state index contributed by atoms with van der Waals surface area (Å²) in [5.41, 5.74) is 0. The fourth-order valence-electron chi connectivity index (χ4n) is 0.969. The Kier molecular flexibility index (Phi) is 3.75. The monoisotopic (exact) mass is 243 g/mol. The van der Waals surface area contributed by atoms with Crippen molar-refractivity contribution in [2.75, 3.05) is 0 Å². The second-order valence-electron chi connectivity index (χ2n) is 2.97. The lowest BCUT2D eigenvalue weighted by Gasteiger charge is -2.08. The molecule has 0 aliphatic rings. The van der Waals surface area contributed by atoms with Crippen LogP contribution in [0.1, 0.15) is 6.92 Å². The Morgan fingerprint density at radius 3 is 2.73 bits per heavy atom. The van der Waals surface area contributed by atoms with Crippen molar-refractivity contribution in [2.45, 2.75) is 17.9 Å². The first-order chi connectivity index (χ1) is 6.95. The van der Waals surface area contributed by atoms with E-state index in [0.29, 0.717) is 5.02 Å². The molecule has 1 N–H and O–H groups in total. The van der Waals surface area contributed by atoms with Gasteiger partial charge in [0.15, 0.2) is 0 Å². The van der Waals surface area contributed by atoms with Gasteiger partial charge >= 0.3 is 0 Å². The summed E-state index contributed by atoms with van der Waals surface area (Å²) in [7, 11) is -3.57. The summed E-state index contributed by atoms with van der Waals surface area (Å²) < 4.78 is 25.7. The molecule has 0 unspecified atom stereocenters. The highest BCUT2D eigenvalue weighted by atomic mass is 35.5. The molecular weight excluding hydrogens is 234 g/mol. The van der Waals surface area contributed by atoms with Gasteiger partial charge in [-0.25, -0.2) is 8.42 Å². The first-order valence-electron chi connectivity index (χ1n) is 4.20. The molecule has 0 aliphatic carbocycles. The van der Waals surface area contributed by atoms with Gasteiger partial charge in [0.05, 0.1) is 10.9 Å². The van der Waals surface area contributed by atoms with Crippen molar-refractivity contribution in [1.82, 2.24) is 4.72 Å². The van der Waals surface area contributed by atoms with Crippen molar-refractivity contribution in [3.8, 4) is 12.3 Å². The van der Waals surface area contributed by atoms with Gasteiger partial charge in [0, 0.05) is 5.02 Å². The molecule has 0 saturated heterocycles. The van der Waals surface area contributed by atoms with Crippen molar-refractivity contribution in [1.29, 1.82) is 0 Å². The van der Waals surface area contributed by atoms with Crippen LogP contribution in [-0.4, -0.2) is 14.5 Å². The standard InChI is InChI=1S/C10H10ClNO2S/c1-3-8(2)12-15(13,14)10-6-4-5-9(11)7-10/h1,4-8,12H,2H3/t8-/m1/s1. The van der Waals surface area contributed by atoms with Gasteiger partial charge in [0.2, 0.25) is 10.0 Å². The second kappa shape index (κ2) is 4.67. The van der Waals surface area contributed by atoms with E-state index in [1.54, 1.807) is 19.1 Å². The van der Waals surface area contributed by atoms with E-state index >= 15 is 0 Å². The fraction of sp³-hybridized carbons (Fsp3) is 0.200. The molecule has 1 rings (SSSR count). The van der Waals surface area contributed by atoms with Gasteiger partial charge < -0.3 is 0 Å². The number of rotatable bonds is 3. The van der Waals surface area contributed by atoms with E-state index in [9.17, 15) is 8.42 Å². The molecule has 0 fully saturated rings. The van der Waals surface area contributed by atoms with Crippen LogP contribution in [-0.2, 0) is 10.0 Å². The molecular formula is C10H10ClNO2S. The largest absolute Gasteiger partial charge is 0.241 e. The quantitative estimate of drug-likeness (QED) is 0.821. The topological polar surface area (TPSA) is 46.2 Å². The zero-order valence-corrected chi connectivity index (χ0v) is 9.64. The van der Waals surface area contributed by atoms with Gasteiger partial charge in [-0.1, -0.05) is 23.6 Å². The SMILES string of the molecule is C#C[C@@H](C)NS(=O)(=O)c1cccc(Cl)c1. The average molecular weight is 244 g/mol. The molecule has 80 valence electrons. The summed E-state index contributed by atoms with van der Waals surface area (Å²) in [6, 6.07) is 5.45. The lowest BCUT2D eigenvalue weighted by atomic mass is 10.4. The highest BCUT2D eigenvalue weighted by molar-refractivity contribution is 7.89. The number of sulfonamides is 1. The molecule has 0 bridgehead atoms. The molecule has 0 radical (unpaired) electrons. The Labute approximate surface area is 94.5 Å². The molecule has 5 heteroatoms. The predicted molar refractivity (Wildman–Crippen MR) is 60.1 cm³/mol. The highest BCUT2D eigenvalue weighted by Crippen LogP contribution is 2.15. The molecule has 3 nitrogen and oxygen atoms in total. The van der Waals surface area contributed by atoms with E-state index < -0.39 is 16.1 Å². The van der Waals surface area contributed by atoms with Gasteiger partial charge in [0.25, 0.3) is 0 Å². The Hall–Kier alpha value is -1.02. The maximum Gasteiger partial charge on any atom is 0.241 e. The third-order valence-corrected chi connectivity index (χ3v) is 3.46. The van der Waals surface area contributed by atoms with Crippen LogP contribution in [0.15, 0.2) is 29.2 Å². The molecule has 1 aromatic carbocycles. The molecule has 1 aromatic rings. The lowest BCUT2D eigenvalue weighted by molar-refractivity contribution is 0.577. The number of hydrogen-bond acceptors (Lipinski definition) is 2. The normalized spacial score (nSPS) is 13.1. The molecule has 0 spiro atoms. The van der Waals surface area contributed by atoms with Crippen LogP contribution in [0.3, 0.4) is 0 Å². The van der Waals surface area contributed by atoms with Crippen molar-refractivity contribution in [3.63, 3.8) is 0 Å². The molecule has 0 saturated carbocycles. The first-order valence-corrected chi connectivity index (χ1v) is 6.06. The van der Waals surface area contributed by atoms with E-state index in [1.165, 1.54) is 12.1 Å². The van der Waals surface area contributed by atoms with Crippen molar-refractivity contribution in [3.05, 3.63) is 29.3 Å². The molecule has 0 heterocycles. The summed E-state index contributed by atoms with van der Waals surface area (Å²) >= 11 is 5.69. The fourth-order valence-corrected chi connectivity index (χ4v) is 2.43. The summed E-state index contributed by atoms with van der Waals surface area (Å²) in [5.74, 6) is 2.28. The van der Waals surface area contributed by atoms with Gasteiger partial charge in [-0.3, -0.25) is 0 Å². The van der Waals surface area contributed by atoms with Gasteiger partial charge in [-0.05, 0) is 25.1 Å². The number of nitrogens with one attached hydrogen (secondary N) is 1. The van der Waals surface area contributed by atoms with Crippen LogP contribution in [0.4, 0.5) is 0 Å².